The van der Waals surface area contributed by atoms with E-state index in [1.54, 1.807) is 4.90 Å². The Balaban J connectivity index is 1.73. The van der Waals surface area contributed by atoms with E-state index in [1.165, 1.54) is 6.42 Å². The van der Waals surface area contributed by atoms with Gasteiger partial charge in [0.15, 0.2) is 0 Å². The average Bonchev–Trinajstić information content (AvgIpc) is 2.64. The molecule has 136 valence electrons. The van der Waals surface area contributed by atoms with Crippen LogP contribution in [0.1, 0.15) is 54.2 Å². The first-order valence-corrected chi connectivity index (χ1v) is 9.00. The highest BCUT2D eigenvalue weighted by Gasteiger charge is 2.55. The molecule has 1 aliphatic heterocycles. The molecule has 2 fully saturated rings. The van der Waals surface area contributed by atoms with Gasteiger partial charge in [0.2, 0.25) is 0 Å². The average molecular weight is 354 g/mol. The van der Waals surface area contributed by atoms with E-state index in [0.29, 0.717) is 6.54 Å². The summed E-state index contributed by atoms with van der Waals surface area (Å²) in [5.74, 6) is -0.393. The van der Waals surface area contributed by atoms with Crippen LogP contribution in [-0.2, 0) is 0 Å². The van der Waals surface area contributed by atoms with Gasteiger partial charge in [-0.2, -0.15) is 0 Å². The largest absolute Gasteiger partial charge is 0.392 e. The van der Waals surface area contributed by atoms with Crippen LogP contribution >= 0.6 is 0 Å². The third kappa shape index (κ3) is 2.55. The summed E-state index contributed by atoms with van der Waals surface area (Å²) in [6.45, 7) is 0.625. The Morgan fingerprint density at radius 1 is 1.08 bits per heavy atom. The fourth-order valence-electron chi connectivity index (χ4n) is 4.59. The zero-order valence-corrected chi connectivity index (χ0v) is 14.5. The number of carbonyl (C=O) groups is 1. The summed E-state index contributed by atoms with van der Waals surface area (Å²) in [6, 6.07) is 9.90. The number of nitrogen functional groups attached to an aromatic ring is 1. The van der Waals surface area contributed by atoms with Gasteiger partial charge in [-0.05, 0) is 18.4 Å². The number of nitrogens with one attached hydrogen (secondary N) is 2. The second-order valence-electron chi connectivity index (χ2n) is 7.37. The molecule has 1 aliphatic carbocycles. The highest BCUT2D eigenvalue weighted by molar-refractivity contribution is 5.97. The van der Waals surface area contributed by atoms with E-state index >= 15 is 0 Å². The van der Waals surface area contributed by atoms with Gasteiger partial charge >= 0.3 is 5.69 Å². The molecule has 0 bridgehead atoms. The molecule has 1 amide bonds. The molecule has 1 saturated carbocycles. The van der Waals surface area contributed by atoms with Crippen LogP contribution in [0.3, 0.4) is 0 Å². The van der Waals surface area contributed by atoms with Crippen molar-refractivity contribution < 1.29 is 4.79 Å². The van der Waals surface area contributed by atoms with Crippen molar-refractivity contribution in [2.75, 3.05) is 12.3 Å². The third-order valence-electron chi connectivity index (χ3n) is 5.80. The number of nitrogens with zero attached hydrogens (tertiary/aromatic N) is 1. The maximum absolute atomic E-state index is 13.1. The number of hydrogen-bond acceptors (Lipinski definition) is 4. The van der Waals surface area contributed by atoms with Crippen LogP contribution in [-0.4, -0.2) is 27.3 Å². The van der Waals surface area contributed by atoms with Gasteiger partial charge in [-0.25, -0.2) is 4.79 Å². The van der Waals surface area contributed by atoms with E-state index in [0.717, 1.165) is 31.2 Å². The van der Waals surface area contributed by atoms with Gasteiger partial charge < -0.3 is 15.6 Å². The van der Waals surface area contributed by atoms with Gasteiger partial charge in [0.25, 0.3) is 11.5 Å². The summed E-state index contributed by atoms with van der Waals surface area (Å²) < 4.78 is 0. The lowest BCUT2D eigenvalue weighted by atomic mass is 9.61. The summed E-state index contributed by atoms with van der Waals surface area (Å²) >= 11 is 0. The highest BCUT2D eigenvalue weighted by atomic mass is 16.2. The van der Waals surface area contributed by atoms with Crippen molar-refractivity contribution in [1.82, 2.24) is 14.9 Å². The smallest absolute Gasteiger partial charge is 0.326 e. The van der Waals surface area contributed by atoms with Crippen LogP contribution in [0.2, 0.25) is 0 Å². The normalized spacial score (nSPS) is 21.4. The standard InChI is InChI=1S/C19H22N4O3/c20-13-14(21-18(26)22-16(13)24)17(25)23-11-19(9-5-2-6-10-19)15(23)12-7-3-1-4-8-12/h1,3-4,7-8,15H,2,5-6,9-11,20H2,(H2,21,22,24,26). The molecular weight excluding hydrogens is 332 g/mol. The molecule has 1 unspecified atom stereocenters. The van der Waals surface area contributed by atoms with Crippen molar-refractivity contribution in [2.24, 2.45) is 5.41 Å². The SMILES string of the molecule is Nc1c(C(=O)N2CC3(CCCCC3)C2c2ccccc2)[nH]c(=O)[nH]c1=O. The summed E-state index contributed by atoms with van der Waals surface area (Å²) in [4.78, 5) is 42.6. The Bertz CT molecular complexity index is 941. The molecule has 2 aliphatic rings. The molecular formula is C19H22N4O3. The van der Waals surface area contributed by atoms with Crippen LogP contribution in [0, 0.1) is 5.41 Å². The van der Waals surface area contributed by atoms with Crippen LogP contribution in [0.5, 0.6) is 0 Å². The molecule has 4 rings (SSSR count). The second kappa shape index (κ2) is 6.16. The lowest BCUT2D eigenvalue weighted by Crippen LogP contribution is -2.61. The van der Waals surface area contributed by atoms with Crippen molar-refractivity contribution in [2.45, 2.75) is 38.1 Å². The van der Waals surface area contributed by atoms with E-state index < -0.39 is 17.2 Å². The molecule has 1 atom stereocenters. The fourth-order valence-corrected chi connectivity index (χ4v) is 4.59. The molecule has 4 N–H and O–H groups in total. The first-order valence-electron chi connectivity index (χ1n) is 9.00. The maximum Gasteiger partial charge on any atom is 0.326 e. The predicted molar refractivity (Wildman–Crippen MR) is 97.8 cm³/mol. The number of aromatic amines is 2. The third-order valence-corrected chi connectivity index (χ3v) is 5.80. The van der Waals surface area contributed by atoms with Crippen LogP contribution < -0.4 is 17.0 Å². The number of hydrogen-bond donors (Lipinski definition) is 3. The van der Waals surface area contributed by atoms with Gasteiger partial charge in [0.1, 0.15) is 11.4 Å². The number of nitrogens with two attached hydrogens (primary N) is 1. The number of benzene rings is 1. The zero-order chi connectivity index (χ0) is 18.3. The molecule has 7 heteroatoms. The summed E-state index contributed by atoms with van der Waals surface area (Å²) in [5, 5.41) is 0. The van der Waals surface area contributed by atoms with Crippen molar-refractivity contribution >= 4 is 11.6 Å². The topological polar surface area (TPSA) is 112 Å². The molecule has 2 aromatic rings. The van der Waals surface area contributed by atoms with E-state index in [9.17, 15) is 14.4 Å². The molecule has 1 aromatic carbocycles. The van der Waals surface area contributed by atoms with Gasteiger partial charge in [-0.3, -0.25) is 14.6 Å². The van der Waals surface area contributed by atoms with Crippen molar-refractivity contribution in [1.29, 1.82) is 0 Å². The van der Waals surface area contributed by atoms with Crippen molar-refractivity contribution in [3.05, 3.63) is 62.4 Å². The minimum absolute atomic E-state index is 0.0568. The lowest BCUT2D eigenvalue weighted by Gasteiger charge is -2.59. The number of carbonyl (C=O) groups excluding carboxylic acids is 1. The quantitative estimate of drug-likeness (QED) is 0.763. The lowest BCUT2D eigenvalue weighted by molar-refractivity contribution is -0.0772. The Hall–Kier alpha value is -2.83. The van der Waals surface area contributed by atoms with Crippen molar-refractivity contribution in [3.8, 4) is 0 Å². The zero-order valence-electron chi connectivity index (χ0n) is 14.5. The summed E-state index contributed by atoms with van der Waals surface area (Å²) in [7, 11) is 0. The Morgan fingerprint density at radius 3 is 2.46 bits per heavy atom. The minimum Gasteiger partial charge on any atom is -0.392 e. The molecule has 1 aromatic heterocycles. The van der Waals surface area contributed by atoms with E-state index in [4.69, 9.17) is 5.73 Å². The van der Waals surface area contributed by atoms with E-state index in [1.807, 2.05) is 35.3 Å². The Kier molecular flexibility index (Phi) is 3.94. The van der Waals surface area contributed by atoms with Crippen LogP contribution in [0.25, 0.3) is 0 Å². The number of rotatable bonds is 2. The molecule has 0 radical (unpaired) electrons. The van der Waals surface area contributed by atoms with Gasteiger partial charge in [-0.15, -0.1) is 0 Å². The second-order valence-corrected chi connectivity index (χ2v) is 7.37. The number of anilines is 1. The molecule has 2 heterocycles. The van der Waals surface area contributed by atoms with Crippen LogP contribution in [0.15, 0.2) is 39.9 Å². The molecule has 7 nitrogen and oxygen atoms in total. The van der Waals surface area contributed by atoms with Gasteiger partial charge in [0.05, 0.1) is 6.04 Å². The number of aromatic nitrogens is 2. The number of amides is 1. The van der Waals surface area contributed by atoms with Gasteiger partial charge in [-0.1, -0.05) is 49.6 Å². The first-order chi connectivity index (χ1) is 12.5. The molecule has 1 saturated heterocycles. The fraction of sp³-hybridized carbons (Fsp3) is 0.421. The maximum atomic E-state index is 13.1. The first kappa shape index (κ1) is 16.6. The van der Waals surface area contributed by atoms with Crippen molar-refractivity contribution in [3.63, 3.8) is 0 Å². The minimum atomic E-state index is -0.735. The summed E-state index contributed by atoms with van der Waals surface area (Å²) in [5.41, 5.74) is 5.10. The monoisotopic (exact) mass is 354 g/mol. The number of H-pyrrole nitrogens is 2. The predicted octanol–water partition coefficient (Wildman–Crippen LogP) is 1.79. The molecule has 1 spiro atoms. The highest BCUT2D eigenvalue weighted by Crippen LogP contribution is 2.57. The van der Waals surface area contributed by atoms with E-state index in [-0.39, 0.29) is 22.8 Å². The summed E-state index contributed by atoms with van der Waals surface area (Å²) in [6.07, 6.45) is 5.71. The Morgan fingerprint density at radius 2 is 1.77 bits per heavy atom. The van der Waals surface area contributed by atoms with Gasteiger partial charge in [0, 0.05) is 12.0 Å². The Labute approximate surface area is 150 Å². The molecule has 26 heavy (non-hydrogen) atoms. The number of likely N-dealkylation sites (tertiary alicyclic amines) is 1. The van der Waals surface area contributed by atoms with Crippen LogP contribution in [0.4, 0.5) is 5.69 Å². The van der Waals surface area contributed by atoms with E-state index in [2.05, 4.69) is 4.98 Å².